The first-order valence-corrected chi connectivity index (χ1v) is 7.49. The van der Waals surface area contributed by atoms with Gasteiger partial charge in [0.1, 0.15) is 12.2 Å². The van der Waals surface area contributed by atoms with Crippen molar-refractivity contribution in [1.82, 2.24) is 20.4 Å². The molecule has 0 bridgehead atoms. The van der Waals surface area contributed by atoms with Crippen LogP contribution in [0.4, 0.5) is 17.6 Å². The predicted octanol–water partition coefficient (Wildman–Crippen LogP) is 2.88. The summed E-state index contributed by atoms with van der Waals surface area (Å²) in [4.78, 5) is 5.78. The highest BCUT2D eigenvalue weighted by atomic mass is 35.5. The number of nitrogens with zero attached hydrogens (tertiary/aromatic N) is 3. The van der Waals surface area contributed by atoms with Crippen LogP contribution in [0.15, 0.2) is 28.8 Å². The van der Waals surface area contributed by atoms with Gasteiger partial charge in [-0.05, 0) is 17.7 Å². The quantitative estimate of drug-likeness (QED) is 0.827. The van der Waals surface area contributed by atoms with E-state index in [1.807, 2.05) is 11.0 Å². The van der Waals surface area contributed by atoms with Crippen molar-refractivity contribution in [2.24, 2.45) is 0 Å². The Morgan fingerprint density at radius 2 is 2.12 bits per heavy atom. The summed E-state index contributed by atoms with van der Waals surface area (Å²) in [5.41, 5.74) is 0.789. The molecular weight excluding hydrogens is 364 g/mol. The Morgan fingerprint density at radius 3 is 2.84 bits per heavy atom. The second kappa shape index (κ2) is 8.11. The maximum Gasteiger partial charge on any atom is 0.396 e. The zero-order chi connectivity index (χ0) is 17.2. The predicted molar refractivity (Wildman–Crippen MR) is 83.7 cm³/mol. The van der Waals surface area contributed by atoms with Crippen LogP contribution in [0.2, 0.25) is 0 Å². The molecule has 1 saturated heterocycles. The first kappa shape index (κ1) is 19.6. The van der Waals surface area contributed by atoms with Crippen LogP contribution in [-0.4, -0.2) is 40.9 Å². The van der Waals surface area contributed by atoms with Gasteiger partial charge in [-0.2, -0.15) is 18.2 Å². The van der Waals surface area contributed by atoms with Crippen LogP contribution in [0.25, 0.3) is 0 Å². The molecule has 5 nitrogen and oxygen atoms in total. The molecule has 1 atom stereocenters. The fourth-order valence-electron chi connectivity index (χ4n) is 2.76. The minimum atomic E-state index is -4.37. The zero-order valence-electron chi connectivity index (χ0n) is 13.1. The highest BCUT2D eigenvalue weighted by Gasteiger charge is 2.31. The molecule has 1 aromatic carbocycles. The lowest BCUT2D eigenvalue weighted by Gasteiger charge is -2.35. The van der Waals surface area contributed by atoms with Crippen molar-refractivity contribution >= 4 is 12.4 Å². The molecule has 0 amide bonds. The minimum absolute atomic E-state index is 0. The number of nitrogens with one attached hydrogen (secondary N) is 1. The van der Waals surface area contributed by atoms with Gasteiger partial charge in [0.15, 0.2) is 5.82 Å². The van der Waals surface area contributed by atoms with Crippen molar-refractivity contribution in [3.63, 3.8) is 0 Å². The molecule has 2 aromatic rings. The van der Waals surface area contributed by atoms with Crippen molar-refractivity contribution in [1.29, 1.82) is 0 Å². The van der Waals surface area contributed by atoms with Gasteiger partial charge in [0.25, 0.3) is 0 Å². The van der Waals surface area contributed by atoms with Gasteiger partial charge in [-0.3, -0.25) is 4.90 Å². The lowest BCUT2D eigenvalue weighted by Crippen LogP contribution is -2.45. The van der Waals surface area contributed by atoms with Gasteiger partial charge >= 0.3 is 6.18 Å². The molecule has 138 valence electrons. The van der Waals surface area contributed by atoms with E-state index in [0.29, 0.717) is 13.1 Å². The third-order valence-electron chi connectivity index (χ3n) is 3.79. The summed E-state index contributed by atoms with van der Waals surface area (Å²) in [6.45, 7) is 2.17. The molecule has 1 aliphatic heterocycles. The third kappa shape index (κ3) is 5.38. The van der Waals surface area contributed by atoms with Crippen LogP contribution in [0.1, 0.15) is 23.3 Å². The Labute approximate surface area is 147 Å². The number of hydrogen-bond donors (Lipinski definition) is 1. The van der Waals surface area contributed by atoms with E-state index in [1.165, 1.54) is 12.1 Å². The molecule has 0 saturated carbocycles. The van der Waals surface area contributed by atoms with Crippen LogP contribution in [0.5, 0.6) is 0 Å². The monoisotopic (exact) mass is 380 g/mol. The van der Waals surface area contributed by atoms with Crippen LogP contribution in [-0.2, 0) is 13.0 Å². The fourth-order valence-corrected chi connectivity index (χ4v) is 2.76. The Hall–Kier alpha value is -1.71. The van der Waals surface area contributed by atoms with E-state index in [4.69, 9.17) is 4.52 Å². The van der Waals surface area contributed by atoms with E-state index in [2.05, 4.69) is 15.5 Å². The SMILES string of the molecule is Cl.Fc1cccc(C2CNCCN2Cc2nc(CC(F)(F)F)no2)c1. The maximum atomic E-state index is 13.5. The number of aromatic nitrogens is 2. The highest BCUT2D eigenvalue weighted by molar-refractivity contribution is 5.85. The largest absolute Gasteiger partial charge is 0.396 e. The zero-order valence-corrected chi connectivity index (χ0v) is 13.9. The van der Waals surface area contributed by atoms with Crippen LogP contribution < -0.4 is 5.32 Å². The molecule has 25 heavy (non-hydrogen) atoms. The van der Waals surface area contributed by atoms with Gasteiger partial charge in [-0.1, -0.05) is 17.3 Å². The summed E-state index contributed by atoms with van der Waals surface area (Å²) in [6.07, 6.45) is -5.59. The Morgan fingerprint density at radius 1 is 1.32 bits per heavy atom. The third-order valence-corrected chi connectivity index (χ3v) is 3.79. The standard InChI is InChI=1S/C15H16F4N4O.ClH/c16-11-3-1-2-10(6-11)12-8-20-4-5-23(12)9-14-21-13(22-24-14)7-15(17,18)19;/h1-3,6,12,20H,4-5,7-9H2;1H. The number of halogens is 5. The molecule has 1 N–H and O–H groups in total. The number of piperazine rings is 1. The van der Waals surface area contributed by atoms with Gasteiger partial charge < -0.3 is 9.84 Å². The number of benzene rings is 1. The number of hydrogen-bond acceptors (Lipinski definition) is 5. The average molecular weight is 381 g/mol. The molecule has 1 aliphatic rings. The molecule has 10 heteroatoms. The second-order valence-electron chi connectivity index (χ2n) is 5.64. The summed E-state index contributed by atoms with van der Waals surface area (Å²) in [6, 6.07) is 6.15. The summed E-state index contributed by atoms with van der Waals surface area (Å²) in [5, 5.41) is 6.60. The molecule has 1 fully saturated rings. The van der Waals surface area contributed by atoms with Gasteiger partial charge in [0, 0.05) is 25.7 Å². The van der Waals surface area contributed by atoms with Gasteiger partial charge in [0.2, 0.25) is 5.89 Å². The molecule has 2 heterocycles. The molecule has 0 spiro atoms. The fraction of sp³-hybridized carbons (Fsp3) is 0.467. The van der Waals surface area contributed by atoms with Crippen molar-refractivity contribution in [3.8, 4) is 0 Å². The molecule has 1 aromatic heterocycles. The topological polar surface area (TPSA) is 54.2 Å². The average Bonchev–Trinajstić information content (AvgIpc) is 2.93. The van der Waals surface area contributed by atoms with Gasteiger partial charge in [-0.15, -0.1) is 12.4 Å². The Balaban J connectivity index is 0.00000225. The number of alkyl halides is 3. The summed E-state index contributed by atoms with van der Waals surface area (Å²) in [5.74, 6) is -0.587. The Kier molecular flexibility index (Phi) is 6.36. The van der Waals surface area contributed by atoms with Gasteiger partial charge in [-0.25, -0.2) is 4.39 Å². The van der Waals surface area contributed by atoms with E-state index < -0.39 is 12.6 Å². The molecular formula is C15H17ClF4N4O. The van der Waals surface area contributed by atoms with Gasteiger partial charge in [0.05, 0.1) is 6.54 Å². The Bertz CT molecular complexity index is 694. The van der Waals surface area contributed by atoms with E-state index in [-0.39, 0.29) is 42.5 Å². The van der Waals surface area contributed by atoms with Crippen molar-refractivity contribution in [2.75, 3.05) is 19.6 Å². The first-order valence-electron chi connectivity index (χ1n) is 7.49. The molecule has 0 aliphatic carbocycles. The molecule has 0 radical (unpaired) electrons. The van der Waals surface area contributed by atoms with E-state index in [1.54, 1.807) is 6.07 Å². The summed E-state index contributed by atoms with van der Waals surface area (Å²) < 4.78 is 55.4. The van der Waals surface area contributed by atoms with Crippen LogP contribution in [0, 0.1) is 5.82 Å². The molecule has 1 unspecified atom stereocenters. The molecule has 3 rings (SSSR count). The normalized spacial score (nSPS) is 18.8. The smallest absolute Gasteiger partial charge is 0.338 e. The van der Waals surface area contributed by atoms with Crippen molar-refractivity contribution in [2.45, 2.75) is 25.2 Å². The van der Waals surface area contributed by atoms with E-state index in [9.17, 15) is 17.6 Å². The second-order valence-corrected chi connectivity index (χ2v) is 5.64. The first-order chi connectivity index (χ1) is 11.4. The summed E-state index contributed by atoms with van der Waals surface area (Å²) in [7, 11) is 0. The van der Waals surface area contributed by atoms with Crippen molar-refractivity contribution < 1.29 is 22.1 Å². The lowest BCUT2D eigenvalue weighted by atomic mass is 10.0. The van der Waals surface area contributed by atoms with E-state index >= 15 is 0 Å². The highest BCUT2D eigenvalue weighted by Crippen LogP contribution is 2.25. The maximum absolute atomic E-state index is 13.5. The van der Waals surface area contributed by atoms with Crippen molar-refractivity contribution in [3.05, 3.63) is 47.4 Å². The lowest BCUT2D eigenvalue weighted by molar-refractivity contribution is -0.128. The van der Waals surface area contributed by atoms with E-state index in [0.717, 1.165) is 12.1 Å². The van der Waals surface area contributed by atoms with Crippen LogP contribution in [0.3, 0.4) is 0 Å². The minimum Gasteiger partial charge on any atom is -0.338 e. The number of rotatable bonds is 4. The van der Waals surface area contributed by atoms with Crippen LogP contribution >= 0.6 is 12.4 Å². The summed E-state index contributed by atoms with van der Waals surface area (Å²) >= 11 is 0.